The Bertz CT molecular complexity index is 582. The van der Waals surface area contributed by atoms with Crippen LogP contribution in [0, 0.1) is 6.92 Å². The van der Waals surface area contributed by atoms with Gasteiger partial charge in [-0.3, -0.25) is 9.59 Å². The predicted molar refractivity (Wildman–Crippen MR) is 51.8 cm³/mol. The third-order valence-corrected chi connectivity index (χ3v) is 2.03. The SMILES string of the molecule is Cc1cc2c(=O)n(CC(=O)O)ccn2n1. The van der Waals surface area contributed by atoms with Crippen molar-refractivity contribution in [2.75, 3.05) is 0 Å². The molecule has 0 saturated carbocycles. The molecule has 0 fully saturated rings. The summed E-state index contributed by atoms with van der Waals surface area (Å²) < 4.78 is 2.58. The number of aryl methyl sites for hydroxylation is 1. The lowest BCUT2D eigenvalue weighted by Gasteiger charge is -2.01. The van der Waals surface area contributed by atoms with Gasteiger partial charge in [-0.1, -0.05) is 0 Å². The van der Waals surface area contributed by atoms with E-state index in [1.165, 1.54) is 10.7 Å². The second kappa shape index (κ2) is 3.23. The Labute approximate surface area is 84.4 Å². The van der Waals surface area contributed by atoms with Gasteiger partial charge < -0.3 is 9.67 Å². The molecule has 0 aromatic carbocycles. The van der Waals surface area contributed by atoms with Gasteiger partial charge in [0.1, 0.15) is 12.1 Å². The van der Waals surface area contributed by atoms with Crippen LogP contribution in [0.15, 0.2) is 23.3 Å². The highest BCUT2D eigenvalue weighted by Gasteiger charge is 2.07. The lowest BCUT2D eigenvalue weighted by atomic mass is 10.4. The van der Waals surface area contributed by atoms with Gasteiger partial charge in [0.15, 0.2) is 0 Å². The lowest BCUT2D eigenvalue weighted by Crippen LogP contribution is -2.24. The van der Waals surface area contributed by atoms with Gasteiger partial charge >= 0.3 is 5.97 Å². The number of carbonyl (C=O) groups is 1. The van der Waals surface area contributed by atoms with E-state index < -0.39 is 5.97 Å². The van der Waals surface area contributed by atoms with Crippen molar-refractivity contribution >= 4 is 11.5 Å². The summed E-state index contributed by atoms with van der Waals surface area (Å²) >= 11 is 0. The zero-order valence-electron chi connectivity index (χ0n) is 8.04. The van der Waals surface area contributed by atoms with Crippen LogP contribution >= 0.6 is 0 Å². The van der Waals surface area contributed by atoms with Gasteiger partial charge in [-0.05, 0) is 13.0 Å². The average Bonchev–Trinajstić information content (AvgIpc) is 2.51. The van der Waals surface area contributed by atoms with Crippen molar-refractivity contribution in [2.45, 2.75) is 13.5 Å². The Balaban J connectivity index is 2.64. The van der Waals surface area contributed by atoms with Crippen LogP contribution in [0.25, 0.3) is 5.52 Å². The number of carboxylic acid groups (broad SMARTS) is 1. The van der Waals surface area contributed by atoms with Crippen LogP contribution in [0.5, 0.6) is 0 Å². The molecular weight excluding hydrogens is 198 g/mol. The number of hydrogen-bond donors (Lipinski definition) is 1. The van der Waals surface area contributed by atoms with E-state index in [0.29, 0.717) is 5.52 Å². The molecule has 1 N–H and O–H groups in total. The van der Waals surface area contributed by atoms with E-state index in [9.17, 15) is 9.59 Å². The van der Waals surface area contributed by atoms with E-state index in [1.807, 2.05) is 0 Å². The van der Waals surface area contributed by atoms with Gasteiger partial charge in [-0.25, -0.2) is 4.52 Å². The Morgan fingerprint density at radius 3 is 2.93 bits per heavy atom. The predicted octanol–water partition coefficient (Wildman–Crippen LogP) is -0.111. The molecule has 0 amide bonds. The zero-order chi connectivity index (χ0) is 11.0. The van der Waals surface area contributed by atoms with Crippen LogP contribution in [0.3, 0.4) is 0 Å². The number of aromatic nitrogens is 3. The molecule has 0 aliphatic carbocycles. The summed E-state index contributed by atoms with van der Waals surface area (Å²) in [6.45, 7) is 1.44. The minimum Gasteiger partial charge on any atom is -0.480 e. The van der Waals surface area contributed by atoms with Crippen molar-refractivity contribution in [3.05, 3.63) is 34.5 Å². The van der Waals surface area contributed by atoms with Crippen molar-refractivity contribution in [1.82, 2.24) is 14.2 Å². The molecule has 0 unspecified atom stereocenters. The molecule has 2 rings (SSSR count). The van der Waals surface area contributed by atoms with Crippen LogP contribution in [0.2, 0.25) is 0 Å². The third kappa shape index (κ3) is 1.61. The molecule has 78 valence electrons. The largest absolute Gasteiger partial charge is 0.480 e. The van der Waals surface area contributed by atoms with Gasteiger partial charge in [-0.2, -0.15) is 5.10 Å². The molecule has 0 saturated heterocycles. The monoisotopic (exact) mass is 207 g/mol. The number of hydrogen-bond acceptors (Lipinski definition) is 3. The minimum absolute atomic E-state index is 0.334. The molecule has 15 heavy (non-hydrogen) atoms. The highest BCUT2D eigenvalue weighted by atomic mass is 16.4. The first kappa shape index (κ1) is 9.45. The fourth-order valence-electron chi connectivity index (χ4n) is 1.42. The van der Waals surface area contributed by atoms with Crippen molar-refractivity contribution in [2.24, 2.45) is 0 Å². The second-order valence-electron chi connectivity index (χ2n) is 3.24. The molecule has 0 radical (unpaired) electrons. The van der Waals surface area contributed by atoms with Crippen molar-refractivity contribution in [1.29, 1.82) is 0 Å². The molecule has 6 nitrogen and oxygen atoms in total. The second-order valence-corrected chi connectivity index (χ2v) is 3.24. The van der Waals surface area contributed by atoms with E-state index >= 15 is 0 Å². The van der Waals surface area contributed by atoms with Crippen molar-refractivity contribution in [3.8, 4) is 0 Å². The molecular formula is C9H9N3O3. The highest BCUT2D eigenvalue weighted by Crippen LogP contribution is 1.99. The van der Waals surface area contributed by atoms with Crippen LogP contribution in [-0.4, -0.2) is 25.3 Å². The Kier molecular flexibility index (Phi) is 2.03. The maximum Gasteiger partial charge on any atom is 0.323 e. The quantitative estimate of drug-likeness (QED) is 0.745. The van der Waals surface area contributed by atoms with Gasteiger partial charge in [0.2, 0.25) is 0 Å². The third-order valence-electron chi connectivity index (χ3n) is 2.03. The number of fused-ring (bicyclic) bond motifs is 1. The number of aliphatic carboxylic acids is 1. The Hall–Kier alpha value is -2.11. The Morgan fingerprint density at radius 1 is 1.53 bits per heavy atom. The summed E-state index contributed by atoms with van der Waals surface area (Å²) in [7, 11) is 0. The smallest absolute Gasteiger partial charge is 0.323 e. The first-order valence-corrected chi connectivity index (χ1v) is 4.35. The minimum atomic E-state index is -1.04. The fraction of sp³-hybridized carbons (Fsp3) is 0.222. The maximum absolute atomic E-state index is 11.7. The van der Waals surface area contributed by atoms with Gasteiger partial charge in [0.05, 0.1) is 5.69 Å². The van der Waals surface area contributed by atoms with E-state index in [-0.39, 0.29) is 12.1 Å². The standard InChI is InChI=1S/C9H9N3O3/c1-6-4-7-9(15)11(5-8(13)14)2-3-12(7)10-6/h2-4H,5H2,1H3,(H,13,14). The average molecular weight is 207 g/mol. The normalized spacial score (nSPS) is 10.7. The highest BCUT2D eigenvalue weighted by molar-refractivity contribution is 5.66. The molecule has 2 aromatic rings. The summed E-state index contributed by atoms with van der Waals surface area (Å²) in [5.74, 6) is -1.04. The first-order chi connectivity index (χ1) is 7.08. The summed E-state index contributed by atoms with van der Waals surface area (Å²) in [6, 6.07) is 1.63. The number of carboxylic acids is 1. The van der Waals surface area contributed by atoms with Crippen LogP contribution < -0.4 is 5.56 Å². The molecule has 0 bridgehead atoms. The molecule has 0 aliphatic heterocycles. The van der Waals surface area contributed by atoms with E-state index in [0.717, 1.165) is 10.3 Å². The van der Waals surface area contributed by atoms with E-state index in [1.54, 1.807) is 19.2 Å². The summed E-state index contributed by atoms with van der Waals surface area (Å²) in [6.07, 6.45) is 2.97. The maximum atomic E-state index is 11.7. The summed E-state index contributed by atoms with van der Waals surface area (Å²) in [4.78, 5) is 22.2. The summed E-state index contributed by atoms with van der Waals surface area (Å²) in [5.41, 5.74) is 0.761. The van der Waals surface area contributed by atoms with Crippen LogP contribution in [0.4, 0.5) is 0 Å². The van der Waals surface area contributed by atoms with Crippen LogP contribution in [0.1, 0.15) is 5.69 Å². The van der Waals surface area contributed by atoms with Gasteiger partial charge in [-0.15, -0.1) is 0 Å². The van der Waals surface area contributed by atoms with Gasteiger partial charge in [0.25, 0.3) is 5.56 Å². The van der Waals surface area contributed by atoms with Crippen molar-refractivity contribution < 1.29 is 9.90 Å². The van der Waals surface area contributed by atoms with E-state index in [2.05, 4.69) is 5.10 Å². The lowest BCUT2D eigenvalue weighted by molar-refractivity contribution is -0.137. The fourth-order valence-corrected chi connectivity index (χ4v) is 1.42. The molecule has 2 aromatic heterocycles. The number of nitrogens with zero attached hydrogens (tertiary/aromatic N) is 3. The van der Waals surface area contributed by atoms with Crippen molar-refractivity contribution in [3.63, 3.8) is 0 Å². The van der Waals surface area contributed by atoms with E-state index in [4.69, 9.17) is 5.11 Å². The van der Waals surface area contributed by atoms with Gasteiger partial charge in [0, 0.05) is 12.4 Å². The summed E-state index contributed by atoms with van der Waals surface area (Å²) in [5, 5.41) is 12.6. The Morgan fingerprint density at radius 2 is 2.27 bits per heavy atom. The molecule has 0 aliphatic rings. The number of rotatable bonds is 2. The molecule has 0 atom stereocenters. The topological polar surface area (TPSA) is 76.6 Å². The molecule has 6 heteroatoms. The molecule has 0 spiro atoms. The zero-order valence-corrected chi connectivity index (χ0v) is 8.04. The first-order valence-electron chi connectivity index (χ1n) is 4.35. The van der Waals surface area contributed by atoms with Crippen LogP contribution in [-0.2, 0) is 11.3 Å². The molecule has 2 heterocycles.